The second kappa shape index (κ2) is 7.90. The van der Waals surface area contributed by atoms with Crippen molar-refractivity contribution in [3.63, 3.8) is 0 Å². The van der Waals surface area contributed by atoms with Gasteiger partial charge in [-0.25, -0.2) is 0 Å². The quantitative estimate of drug-likeness (QED) is 0.464. The first-order chi connectivity index (χ1) is 8.32. The molecule has 1 aromatic rings. The molecule has 0 saturated heterocycles. The zero-order chi connectivity index (χ0) is 13.8. The van der Waals surface area contributed by atoms with Gasteiger partial charge in [-0.15, -0.1) is 0 Å². The molecule has 0 amide bonds. The van der Waals surface area contributed by atoms with Gasteiger partial charge in [0.1, 0.15) is 11.9 Å². The fraction of sp³-hybridized carbons (Fsp3) is 0.455. The Kier molecular flexibility index (Phi) is 7.68. The zero-order valence-electron chi connectivity index (χ0n) is 10.2. The van der Waals surface area contributed by atoms with Crippen LogP contribution in [-0.2, 0) is 4.79 Å². The van der Waals surface area contributed by atoms with Crippen molar-refractivity contribution in [2.24, 2.45) is 5.41 Å². The molecule has 0 spiro atoms. The Morgan fingerprint density at radius 3 is 2.74 bits per heavy atom. The van der Waals surface area contributed by atoms with E-state index in [4.69, 9.17) is 5.11 Å². The maximum absolute atomic E-state index is 10.8. The molecular formula is C11H16KN3O4. The van der Waals surface area contributed by atoms with Crippen LogP contribution in [0.5, 0.6) is 0 Å². The Bertz CT molecular complexity index is 465. The number of carbonyl (C=O) groups is 1. The Morgan fingerprint density at radius 1 is 1.58 bits per heavy atom. The van der Waals surface area contributed by atoms with Crippen molar-refractivity contribution in [3.8, 4) is 0 Å². The van der Waals surface area contributed by atoms with Crippen LogP contribution in [0.2, 0.25) is 0 Å². The monoisotopic (exact) mass is 293 g/mol. The molecule has 7 nitrogen and oxygen atoms in total. The van der Waals surface area contributed by atoms with Crippen LogP contribution in [-0.4, -0.2) is 78.9 Å². The summed E-state index contributed by atoms with van der Waals surface area (Å²) in [6, 6.07) is 1.50. The normalized spacial score (nSPS) is 10.4. The first kappa shape index (κ1) is 18.5. The third kappa shape index (κ3) is 6.44. The van der Waals surface area contributed by atoms with Crippen LogP contribution < -0.4 is 5.32 Å². The number of carboxylic acid groups (broad SMARTS) is 1. The summed E-state index contributed by atoms with van der Waals surface area (Å²) >= 11 is 0. The van der Waals surface area contributed by atoms with Crippen molar-refractivity contribution in [2.75, 3.05) is 11.9 Å². The molecule has 0 aliphatic carbocycles. The number of rotatable bonds is 6. The number of aromatic nitrogens is 1. The number of aliphatic carboxylic acids is 1. The van der Waals surface area contributed by atoms with Gasteiger partial charge >= 0.3 is 63.0 Å². The SMILES string of the molecule is CC(C)(CNc1ccncc1[N+](=O)[O-])CC(=O)O.[KH]. The van der Waals surface area contributed by atoms with E-state index in [9.17, 15) is 14.9 Å². The molecule has 100 valence electrons. The van der Waals surface area contributed by atoms with Gasteiger partial charge in [-0.3, -0.25) is 19.9 Å². The molecular weight excluding hydrogens is 277 g/mol. The Balaban J connectivity index is 0.00000324. The summed E-state index contributed by atoms with van der Waals surface area (Å²) in [5, 5.41) is 22.4. The molecule has 0 saturated carbocycles. The molecule has 0 radical (unpaired) electrons. The summed E-state index contributed by atoms with van der Waals surface area (Å²) in [5.74, 6) is -0.897. The van der Waals surface area contributed by atoms with Crippen LogP contribution in [0.25, 0.3) is 0 Å². The van der Waals surface area contributed by atoms with Gasteiger partial charge < -0.3 is 10.4 Å². The van der Waals surface area contributed by atoms with Crippen LogP contribution >= 0.6 is 0 Å². The first-order valence-electron chi connectivity index (χ1n) is 5.36. The number of nitro groups is 1. The van der Waals surface area contributed by atoms with Crippen molar-refractivity contribution >= 4 is 68.7 Å². The zero-order valence-corrected chi connectivity index (χ0v) is 10.2. The van der Waals surface area contributed by atoms with Crippen molar-refractivity contribution in [2.45, 2.75) is 20.3 Å². The number of hydrogen-bond acceptors (Lipinski definition) is 5. The summed E-state index contributed by atoms with van der Waals surface area (Å²) < 4.78 is 0. The van der Waals surface area contributed by atoms with E-state index in [1.807, 2.05) is 0 Å². The molecule has 1 heterocycles. The summed E-state index contributed by atoms with van der Waals surface area (Å²) in [6.45, 7) is 3.88. The van der Waals surface area contributed by atoms with Gasteiger partial charge in [-0.05, 0) is 11.5 Å². The summed E-state index contributed by atoms with van der Waals surface area (Å²) in [4.78, 5) is 24.6. The van der Waals surface area contributed by atoms with Gasteiger partial charge in [0.05, 0.1) is 11.3 Å². The topological polar surface area (TPSA) is 105 Å². The van der Waals surface area contributed by atoms with Crippen molar-refractivity contribution in [1.82, 2.24) is 4.98 Å². The molecule has 0 aromatic carbocycles. The molecule has 19 heavy (non-hydrogen) atoms. The Morgan fingerprint density at radius 2 is 2.21 bits per heavy atom. The summed E-state index contributed by atoms with van der Waals surface area (Å²) in [5.41, 5.74) is -0.278. The average molecular weight is 293 g/mol. The van der Waals surface area contributed by atoms with Crippen LogP contribution in [0.15, 0.2) is 18.5 Å². The number of hydrogen-bond donors (Lipinski definition) is 2. The number of pyridine rings is 1. The van der Waals surface area contributed by atoms with Gasteiger partial charge in [0.2, 0.25) is 0 Å². The minimum absolute atomic E-state index is 0. The maximum atomic E-state index is 10.8. The van der Waals surface area contributed by atoms with Gasteiger partial charge in [0.15, 0.2) is 0 Å². The molecule has 0 aliphatic rings. The molecule has 8 heteroatoms. The Labute approximate surface area is 153 Å². The number of carboxylic acids is 1. The second-order valence-corrected chi connectivity index (χ2v) is 4.74. The van der Waals surface area contributed by atoms with Crippen molar-refractivity contribution < 1.29 is 14.8 Å². The van der Waals surface area contributed by atoms with Crippen LogP contribution in [0.1, 0.15) is 20.3 Å². The fourth-order valence-electron chi connectivity index (χ4n) is 1.49. The molecule has 0 bridgehead atoms. The van der Waals surface area contributed by atoms with Gasteiger partial charge in [-0.1, -0.05) is 13.8 Å². The van der Waals surface area contributed by atoms with E-state index in [1.54, 1.807) is 13.8 Å². The molecule has 0 atom stereocenters. The third-order valence-corrected chi connectivity index (χ3v) is 2.38. The predicted molar refractivity (Wildman–Crippen MR) is 72.6 cm³/mol. The van der Waals surface area contributed by atoms with E-state index in [0.29, 0.717) is 12.2 Å². The molecule has 0 aliphatic heterocycles. The molecule has 0 unspecified atom stereocenters. The second-order valence-electron chi connectivity index (χ2n) is 4.74. The van der Waals surface area contributed by atoms with E-state index in [1.165, 1.54) is 12.3 Å². The third-order valence-electron chi connectivity index (χ3n) is 2.38. The number of anilines is 1. The standard InChI is InChI=1S/C11H15N3O4.K.H/c1-11(2,5-10(15)16)7-13-8-3-4-12-6-9(8)14(17)18;;/h3-4,6H,5,7H2,1-2H3,(H,12,13)(H,15,16);;. The van der Waals surface area contributed by atoms with Crippen LogP contribution in [0.3, 0.4) is 0 Å². The van der Waals surface area contributed by atoms with Gasteiger partial charge in [-0.2, -0.15) is 0 Å². The molecule has 0 fully saturated rings. The number of nitrogens with one attached hydrogen (secondary N) is 1. The van der Waals surface area contributed by atoms with E-state index < -0.39 is 16.3 Å². The summed E-state index contributed by atoms with van der Waals surface area (Å²) in [7, 11) is 0. The van der Waals surface area contributed by atoms with Gasteiger partial charge in [0.25, 0.3) is 0 Å². The first-order valence-corrected chi connectivity index (χ1v) is 5.36. The van der Waals surface area contributed by atoms with Gasteiger partial charge in [0, 0.05) is 12.7 Å². The van der Waals surface area contributed by atoms with E-state index in [0.717, 1.165) is 6.20 Å². The van der Waals surface area contributed by atoms with Crippen molar-refractivity contribution in [1.29, 1.82) is 0 Å². The summed E-state index contributed by atoms with van der Waals surface area (Å²) in [6.07, 6.45) is 2.59. The molecule has 1 aromatic heterocycles. The predicted octanol–water partition coefficient (Wildman–Crippen LogP) is 1.25. The van der Waals surface area contributed by atoms with Crippen LogP contribution in [0, 0.1) is 15.5 Å². The van der Waals surface area contributed by atoms with E-state index >= 15 is 0 Å². The Hall–Kier alpha value is -0.544. The van der Waals surface area contributed by atoms with Crippen LogP contribution in [0.4, 0.5) is 11.4 Å². The average Bonchev–Trinajstić information content (AvgIpc) is 2.25. The number of nitrogens with zero attached hydrogens (tertiary/aromatic N) is 2. The molecule has 1 rings (SSSR count). The van der Waals surface area contributed by atoms with Crippen molar-refractivity contribution in [3.05, 3.63) is 28.6 Å². The minimum atomic E-state index is -0.897. The van der Waals surface area contributed by atoms with E-state index in [-0.39, 0.29) is 63.5 Å². The molecule has 2 N–H and O–H groups in total. The van der Waals surface area contributed by atoms with E-state index in [2.05, 4.69) is 10.3 Å². The fourth-order valence-corrected chi connectivity index (χ4v) is 1.49.